The fraction of sp³-hybridized carbons (Fsp3) is 0.278. The van der Waals surface area contributed by atoms with Crippen molar-refractivity contribution in [2.24, 2.45) is 0 Å². The Morgan fingerprint density at radius 1 is 1.32 bits per heavy atom. The number of aryl methyl sites for hydroxylation is 1. The Labute approximate surface area is 146 Å². The number of carbonyl (C=O) groups excluding carboxylic acids is 1. The van der Waals surface area contributed by atoms with Crippen LogP contribution in [0.1, 0.15) is 16.1 Å². The number of hydrogen-bond acceptors (Lipinski definition) is 5. The predicted molar refractivity (Wildman–Crippen MR) is 96.2 cm³/mol. The molecule has 0 aromatic carbocycles. The Morgan fingerprint density at radius 3 is 2.96 bits per heavy atom. The molecular weight excluding hydrogens is 318 g/mol. The number of nitrogens with zero attached hydrogens (tertiary/aromatic N) is 4. The van der Waals surface area contributed by atoms with Crippen LogP contribution in [0.2, 0.25) is 0 Å². The number of carbonyl (C=O) groups is 1. The second-order valence-electron chi connectivity index (χ2n) is 6.00. The Morgan fingerprint density at radius 2 is 2.16 bits per heavy atom. The second-order valence-corrected chi connectivity index (χ2v) is 6.00. The monoisotopic (exact) mass is 339 g/mol. The molecule has 25 heavy (non-hydrogen) atoms. The summed E-state index contributed by atoms with van der Waals surface area (Å²) in [6.07, 6.45) is 5.24. The average Bonchev–Trinajstić information content (AvgIpc) is 2.96. The quantitative estimate of drug-likeness (QED) is 0.746. The predicted octanol–water partition coefficient (Wildman–Crippen LogP) is 2.23. The van der Waals surface area contributed by atoms with Crippen LogP contribution in [-0.2, 0) is 0 Å². The van der Waals surface area contributed by atoms with Gasteiger partial charge in [-0.05, 0) is 39.2 Å². The molecule has 130 valence electrons. The minimum Gasteiger partial charge on any atom is -0.476 e. The van der Waals surface area contributed by atoms with E-state index in [0.29, 0.717) is 29.4 Å². The van der Waals surface area contributed by atoms with E-state index in [9.17, 15) is 4.79 Å². The van der Waals surface area contributed by atoms with E-state index < -0.39 is 0 Å². The highest BCUT2D eigenvalue weighted by Crippen LogP contribution is 2.17. The summed E-state index contributed by atoms with van der Waals surface area (Å²) >= 11 is 0. The van der Waals surface area contributed by atoms with Gasteiger partial charge in [-0.25, -0.2) is 9.97 Å². The van der Waals surface area contributed by atoms with Crippen molar-refractivity contribution >= 4 is 17.2 Å². The number of ether oxygens (including phenoxy) is 1. The van der Waals surface area contributed by atoms with Crippen LogP contribution in [0, 0.1) is 6.92 Å². The Kier molecular flexibility index (Phi) is 4.95. The lowest BCUT2D eigenvalue weighted by Gasteiger charge is -2.11. The highest BCUT2D eigenvalue weighted by atomic mass is 16.5. The summed E-state index contributed by atoms with van der Waals surface area (Å²) in [5.74, 6) is 0.260. The molecule has 0 spiro atoms. The molecule has 3 aromatic rings. The van der Waals surface area contributed by atoms with Gasteiger partial charge < -0.3 is 19.4 Å². The molecule has 0 bridgehead atoms. The van der Waals surface area contributed by atoms with Crippen LogP contribution in [0.4, 0.5) is 5.69 Å². The molecule has 0 unspecified atom stereocenters. The lowest BCUT2D eigenvalue weighted by Crippen LogP contribution is -2.19. The maximum Gasteiger partial charge on any atom is 0.259 e. The van der Waals surface area contributed by atoms with Crippen molar-refractivity contribution in [3.05, 3.63) is 54.1 Å². The molecule has 0 aliphatic heterocycles. The summed E-state index contributed by atoms with van der Waals surface area (Å²) in [4.78, 5) is 23.1. The first-order chi connectivity index (χ1) is 12.0. The minimum atomic E-state index is -0.221. The third-order valence-electron chi connectivity index (χ3n) is 3.75. The molecule has 3 aromatic heterocycles. The van der Waals surface area contributed by atoms with Crippen molar-refractivity contribution < 1.29 is 9.53 Å². The van der Waals surface area contributed by atoms with Gasteiger partial charge in [0.25, 0.3) is 5.91 Å². The van der Waals surface area contributed by atoms with Gasteiger partial charge in [-0.15, -0.1) is 0 Å². The highest BCUT2D eigenvalue weighted by molar-refractivity contribution is 6.08. The lowest BCUT2D eigenvalue weighted by molar-refractivity contribution is 0.102. The molecule has 0 radical (unpaired) electrons. The van der Waals surface area contributed by atoms with Crippen LogP contribution >= 0.6 is 0 Å². The molecule has 0 atom stereocenters. The van der Waals surface area contributed by atoms with E-state index >= 15 is 0 Å². The summed E-state index contributed by atoms with van der Waals surface area (Å²) < 4.78 is 7.48. The van der Waals surface area contributed by atoms with Gasteiger partial charge in [0, 0.05) is 42.6 Å². The zero-order valence-electron chi connectivity index (χ0n) is 14.6. The Bertz CT molecular complexity index is 888. The van der Waals surface area contributed by atoms with Crippen LogP contribution in [0.25, 0.3) is 5.65 Å². The van der Waals surface area contributed by atoms with Gasteiger partial charge in [-0.3, -0.25) is 4.79 Å². The fourth-order valence-corrected chi connectivity index (χ4v) is 2.41. The Hall–Kier alpha value is -2.93. The molecular formula is C18H21N5O2. The molecule has 7 nitrogen and oxygen atoms in total. The number of aromatic nitrogens is 3. The van der Waals surface area contributed by atoms with Gasteiger partial charge in [0.05, 0.1) is 5.56 Å². The van der Waals surface area contributed by atoms with Crippen LogP contribution in [-0.4, -0.2) is 52.4 Å². The van der Waals surface area contributed by atoms with Crippen molar-refractivity contribution in [3.63, 3.8) is 0 Å². The van der Waals surface area contributed by atoms with E-state index in [4.69, 9.17) is 4.74 Å². The zero-order valence-corrected chi connectivity index (χ0v) is 14.6. The lowest BCUT2D eigenvalue weighted by atomic mass is 10.2. The topological polar surface area (TPSA) is 71.8 Å². The third kappa shape index (κ3) is 3.95. The maximum atomic E-state index is 12.6. The molecule has 0 aliphatic carbocycles. The van der Waals surface area contributed by atoms with Crippen LogP contribution in [0.3, 0.4) is 0 Å². The summed E-state index contributed by atoms with van der Waals surface area (Å²) in [6, 6.07) is 7.03. The van der Waals surface area contributed by atoms with E-state index in [1.165, 1.54) is 0 Å². The van der Waals surface area contributed by atoms with Gasteiger partial charge in [-0.1, -0.05) is 0 Å². The summed E-state index contributed by atoms with van der Waals surface area (Å²) in [7, 11) is 3.96. The van der Waals surface area contributed by atoms with Crippen molar-refractivity contribution in [3.8, 4) is 5.88 Å². The number of nitrogens with one attached hydrogen (secondary N) is 1. The number of hydrogen-bond donors (Lipinski definition) is 1. The van der Waals surface area contributed by atoms with Gasteiger partial charge >= 0.3 is 0 Å². The number of pyridine rings is 2. The largest absolute Gasteiger partial charge is 0.476 e. The summed E-state index contributed by atoms with van der Waals surface area (Å²) in [6.45, 7) is 3.27. The van der Waals surface area contributed by atoms with Crippen LogP contribution < -0.4 is 10.1 Å². The fourth-order valence-electron chi connectivity index (χ4n) is 2.41. The van der Waals surface area contributed by atoms with Gasteiger partial charge in [0.2, 0.25) is 5.88 Å². The zero-order chi connectivity index (χ0) is 17.8. The van der Waals surface area contributed by atoms with Crippen molar-refractivity contribution in [2.75, 3.05) is 32.6 Å². The molecule has 1 N–H and O–H groups in total. The van der Waals surface area contributed by atoms with E-state index in [0.717, 1.165) is 12.2 Å². The number of imidazole rings is 1. The number of amides is 1. The normalized spacial score (nSPS) is 11.0. The summed E-state index contributed by atoms with van der Waals surface area (Å²) in [5.41, 5.74) is 2.76. The molecule has 0 fully saturated rings. The second kappa shape index (κ2) is 7.31. The standard InChI is InChI=1S/C18H21N5O2/c1-13-12-20-17-15(5-4-8-23(13)17)18(24)21-14-6-7-19-16(11-14)25-10-9-22(2)3/h4-8,11-12H,9-10H2,1-3H3,(H,19,21,24). The number of rotatable bonds is 6. The molecule has 3 heterocycles. The van der Waals surface area contributed by atoms with Gasteiger partial charge in [0.15, 0.2) is 0 Å². The smallest absolute Gasteiger partial charge is 0.259 e. The first-order valence-corrected chi connectivity index (χ1v) is 8.02. The minimum absolute atomic E-state index is 0.221. The molecule has 7 heteroatoms. The first kappa shape index (κ1) is 16.9. The SMILES string of the molecule is Cc1cnc2c(C(=O)Nc3ccnc(OCCN(C)C)c3)cccn12. The van der Waals surface area contributed by atoms with Gasteiger partial charge in [0.1, 0.15) is 12.3 Å². The molecule has 0 aliphatic rings. The molecule has 1 amide bonds. The number of likely N-dealkylation sites (N-methyl/N-ethyl adjacent to an activating group) is 1. The molecule has 0 saturated carbocycles. The maximum absolute atomic E-state index is 12.6. The first-order valence-electron chi connectivity index (χ1n) is 8.02. The highest BCUT2D eigenvalue weighted by Gasteiger charge is 2.13. The van der Waals surface area contributed by atoms with Crippen molar-refractivity contribution in [1.29, 1.82) is 0 Å². The molecule has 0 saturated heterocycles. The van der Waals surface area contributed by atoms with E-state index in [2.05, 4.69) is 15.3 Å². The van der Waals surface area contributed by atoms with Crippen molar-refractivity contribution in [2.45, 2.75) is 6.92 Å². The average molecular weight is 339 g/mol. The molecule has 3 rings (SSSR count). The number of anilines is 1. The number of fused-ring (bicyclic) bond motifs is 1. The van der Waals surface area contributed by atoms with Gasteiger partial charge in [-0.2, -0.15) is 0 Å². The Balaban J connectivity index is 1.74. The summed E-state index contributed by atoms with van der Waals surface area (Å²) in [5, 5.41) is 2.88. The van der Waals surface area contributed by atoms with Crippen LogP contribution in [0.15, 0.2) is 42.9 Å². The van der Waals surface area contributed by atoms with E-state index in [-0.39, 0.29) is 5.91 Å². The van der Waals surface area contributed by atoms with Crippen molar-refractivity contribution in [1.82, 2.24) is 19.3 Å². The third-order valence-corrected chi connectivity index (χ3v) is 3.75. The van der Waals surface area contributed by atoms with Crippen LogP contribution in [0.5, 0.6) is 5.88 Å². The van der Waals surface area contributed by atoms with E-state index in [1.54, 1.807) is 30.6 Å². The van der Waals surface area contributed by atoms with E-state index in [1.807, 2.05) is 42.6 Å².